The molecule has 2 rings (SSSR count). The molecule has 0 saturated heterocycles. The van der Waals surface area contributed by atoms with Crippen LogP contribution >= 0.6 is 11.3 Å². The van der Waals surface area contributed by atoms with E-state index in [1.807, 2.05) is 11.3 Å². The number of hydrogen-bond acceptors (Lipinski definition) is 1. The van der Waals surface area contributed by atoms with Crippen LogP contribution in [-0.2, 0) is 6.42 Å². The van der Waals surface area contributed by atoms with Crippen LogP contribution in [-0.4, -0.2) is 0 Å². The Kier molecular flexibility index (Phi) is 4.53. The Morgan fingerprint density at radius 2 is 2.25 bits per heavy atom. The van der Waals surface area contributed by atoms with Gasteiger partial charge < -0.3 is 0 Å². The molecular formula is C10H13RbS. The molecule has 60 valence electrons. The Morgan fingerprint density at radius 1 is 1.50 bits per heavy atom. The van der Waals surface area contributed by atoms with Crippen LogP contribution in [0.15, 0.2) is 5.38 Å². The van der Waals surface area contributed by atoms with Gasteiger partial charge in [0.1, 0.15) is 0 Å². The zero-order valence-corrected chi connectivity index (χ0v) is 13.8. The molecule has 0 fully saturated rings. The Morgan fingerprint density at radius 3 is 2.92 bits per heavy atom. The molecule has 0 atom stereocenters. The van der Waals surface area contributed by atoms with E-state index in [9.17, 15) is 0 Å². The average Bonchev–Trinajstić information content (AvgIpc) is 2.34. The summed E-state index contributed by atoms with van der Waals surface area (Å²) in [6.45, 7) is 4.50. The molecule has 1 aliphatic rings. The van der Waals surface area contributed by atoms with Crippen LogP contribution in [0.5, 0.6) is 0 Å². The number of aryl methyl sites for hydroxylation is 2. The zero-order valence-electron chi connectivity index (χ0n) is 8.11. The van der Waals surface area contributed by atoms with Gasteiger partial charge in [0.05, 0.1) is 0 Å². The van der Waals surface area contributed by atoms with E-state index in [0.29, 0.717) is 0 Å². The molecule has 0 nitrogen and oxygen atoms in total. The van der Waals surface area contributed by atoms with Gasteiger partial charge in [-0.3, -0.25) is 0 Å². The van der Waals surface area contributed by atoms with E-state index in [0.717, 1.165) is 0 Å². The van der Waals surface area contributed by atoms with Gasteiger partial charge in [-0.15, -0.1) is 5.56 Å². The molecular weight excluding hydrogens is 238 g/mol. The van der Waals surface area contributed by atoms with Crippen molar-refractivity contribution in [3.05, 3.63) is 27.3 Å². The van der Waals surface area contributed by atoms with Crippen LogP contribution in [0.25, 0.3) is 0 Å². The van der Waals surface area contributed by atoms with Crippen LogP contribution in [0.2, 0.25) is 0 Å². The van der Waals surface area contributed by atoms with Crippen molar-refractivity contribution in [2.75, 3.05) is 0 Å². The minimum Gasteiger partial charge on any atom is -0.230 e. The molecule has 0 amide bonds. The van der Waals surface area contributed by atoms with Gasteiger partial charge in [-0.1, -0.05) is 43.4 Å². The molecule has 0 bridgehead atoms. The van der Waals surface area contributed by atoms with Crippen molar-refractivity contribution in [1.82, 2.24) is 0 Å². The average molecular weight is 251 g/mol. The van der Waals surface area contributed by atoms with Crippen LogP contribution in [0.1, 0.15) is 35.8 Å². The van der Waals surface area contributed by atoms with Gasteiger partial charge in [0.25, 0.3) is 0 Å². The number of hydrogen-bond donors (Lipinski definition) is 0. The maximum atomic E-state index is 2.29. The maximum absolute atomic E-state index is 2.29. The fraction of sp³-hybridized carbons (Fsp3) is 0.500. The molecule has 0 radical (unpaired) electrons. The van der Waals surface area contributed by atoms with Crippen molar-refractivity contribution >= 4 is 11.3 Å². The normalized spacial score (nSPS) is 15.3. The van der Waals surface area contributed by atoms with E-state index in [-0.39, 0.29) is 58.2 Å². The summed E-state index contributed by atoms with van der Waals surface area (Å²) in [7, 11) is 0. The predicted molar refractivity (Wildman–Crippen MR) is 50.0 cm³/mol. The molecule has 0 aromatic carbocycles. The summed E-state index contributed by atoms with van der Waals surface area (Å²) >= 11 is 1.93. The van der Waals surface area contributed by atoms with E-state index in [2.05, 4.69) is 19.2 Å². The topological polar surface area (TPSA) is 0 Å². The summed E-state index contributed by atoms with van der Waals surface area (Å²) in [6, 6.07) is 0. The van der Waals surface area contributed by atoms with Gasteiger partial charge >= 0.3 is 58.2 Å². The smallest absolute Gasteiger partial charge is 0.230 e. The van der Waals surface area contributed by atoms with Gasteiger partial charge in [0, 0.05) is 0 Å². The summed E-state index contributed by atoms with van der Waals surface area (Å²) in [5.74, 6) is 1.60. The van der Waals surface area contributed by atoms with Crippen molar-refractivity contribution in [3.63, 3.8) is 0 Å². The fourth-order valence-corrected chi connectivity index (χ4v) is 3.05. The van der Waals surface area contributed by atoms with E-state index in [4.69, 9.17) is 0 Å². The van der Waals surface area contributed by atoms with Crippen LogP contribution in [0.3, 0.4) is 0 Å². The second kappa shape index (κ2) is 4.74. The molecule has 0 spiro atoms. The molecule has 12 heavy (non-hydrogen) atoms. The molecule has 1 aliphatic carbocycles. The molecule has 0 aliphatic heterocycles. The van der Waals surface area contributed by atoms with E-state index >= 15 is 0 Å². The third-order valence-corrected chi connectivity index (χ3v) is 3.60. The zero-order chi connectivity index (χ0) is 7.84. The largest absolute Gasteiger partial charge is 1.00 e. The van der Waals surface area contributed by atoms with Crippen LogP contribution < -0.4 is 58.2 Å². The fourth-order valence-electron chi connectivity index (χ4n) is 1.89. The van der Waals surface area contributed by atoms with Gasteiger partial charge in [0.15, 0.2) is 0 Å². The Balaban J connectivity index is 0.000000720. The number of thiophene rings is 1. The van der Waals surface area contributed by atoms with Gasteiger partial charge in [0.2, 0.25) is 0 Å². The minimum atomic E-state index is 0. The Bertz CT molecular complexity index is 265. The van der Waals surface area contributed by atoms with E-state index < -0.39 is 0 Å². The predicted octanol–water partition coefficient (Wildman–Crippen LogP) is 0.339. The first kappa shape index (κ1) is 11.4. The molecule has 1 aromatic rings. The van der Waals surface area contributed by atoms with Crippen molar-refractivity contribution in [3.8, 4) is 0 Å². The van der Waals surface area contributed by atoms with Gasteiger partial charge in [-0.25, -0.2) is 11.3 Å². The maximum Gasteiger partial charge on any atom is 1.00 e. The second-order valence-corrected chi connectivity index (χ2v) is 4.31. The standard InChI is InChI=1S/C10H13S.Rb/c1-7-4-3-5-9-10(7)8(2)6-11-9;/h6H,3-5H2,1-2H3;/q-1;+1. The third-order valence-electron chi connectivity index (χ3n) is 2.43. The van der Waals surface area contributed by atoms with Crippen LogP contribution in [0, 0.1) is 12.8 Å². The van der Waals surface area contributed by atoms with E-state index in [1.165, 1.54) is 24.8 Å². The summed E-state index contributed by atoms with van der Waals surface area (Å²) < 4.78 is 0. The number of rotatable bonds is 0. The monoisotopic (exact) mass is 250 g/mol. The molecule has 2 heteroatoms. The van der Waals surface area contributed by atoms with Crippen molar-refractivity contribution in [1.29, 1.82) is 0 Å². The first-order valence-corrected chi connectivity index (χ1v) is 5.07. The SMILES string of the molecule is Cc1csc2c1[C-](C)CCC2.[Rb+]. The molecule has 1 heterocycles. The molecule has 0 N–H and O–H groups in total. The molecule has 0 unspecified atom stereocenters. The summed E-state index contributed by atoms with van der Waals surface area (Å²) in [5, 5.41) is 2.29. The summed E-state index contributed by atoms with van der Waals surface area (Å²) in [5.41, 5.74) is 3.07. The van der Waals surface area contributed by atoms with Crippen LogP contribution in [0.4, 0.5) is 0 Å². The quantitative estimate of drug-likeness (QED) is 0.583. The summed E-state index contributed by atoms with van der Waals surface area (Å²) in [6.07, 6.45) is 3.98. The van der Waals surface area contributed by atoms with Gasteiger partial charge in [-0.2, -0.15) is 11.5 Å². The third kappa shape index (κ3) is 2.06. The first-order chi connectivity index (χ1) is 5.29. The van der Waals surface area contributed by atoms with Gasteiger partial charge in [-0.05, 0) is 0 Å². The van der Waals surface area contributed by atoms with Crippen molar-refractivity contribution < 1.29 is 58.2 Å². The first-order valence-electron chi connectivity index (χ1n) is 4.19. The molecule has 0 saturated carbocycles. The number of fused-ring (bicyclic) bond motifs is 1. The van der Waals surface area contributed by atoms with Crippen molar-refractivity contribution in [2.24, 2.45) is 0 Å². The minimum absolute atomic E-state index is 0. The summed E-state index contributed by atoms with van der Waals surface area (Å²) in [4.78, 5) is 1.62. The van der Waals surface area contributed by atoms with Crippen molar-refractivity contribution in [2.45, 2.75) is 33.1 Å². The van der Waals surface area contributed by atoms with E-state index in [1.54, 1.807) is 16.4 Å². The Labute approximate surface area is 128 Å². The second-order valence-electron chi connectivity index (χ2n) is 3.35. The molecule has 1 aromatic heterocycles. The Hall–Kier alpha value is 1.38.